The van der Waals surface area contributed by atoms with E-state index in [-0.39, 0.29) is 12.2 Å². The number of hydrogen-bond acceptors (Lipinski definition) is 4. The zero-order chi connectivity index (χ0) is 8.10. The van der Waals surface area contributed by atoms with E-state index < -0.39 is 0 Å². The number of amides is 1. The zero-order valence-electron chi connectivity index (χ0n) is 6.21. The van der Waals surface area contributed by atoms with Crippen molar-refractivity contribution in [2.75, 3.05) is 13.2 Å². The van der Waals surface area contributed by atoms with Crippen molar-refractivity contribution in [3.05, 3.63) is 0 Å². The molecule has 1 amide bonds. The minimum Gasteiger partial charge on any atom is -0.350 e. The monoisotopic (exact) mass is 160 g/mol. The Morgan fingerprint density at radius 1 is 1.55 bits per heavy atom. The van der Waals surface area contributed by atoms with Crippen molar-refractivity contribution in [2.24, 2.45) is 5.84 Å². The van der Waals surface area contributed by atoms with Crippen molar-refractivity contribution >= 4 is 5.91 Å². The quantitative estimate of drug-likeness (QED) is 0.320. The molecule has 0 spiro atoms. The summed E-state index contributed by atoms with van der Waals surface area (Å²) >= 11 is 0. The number of carbonyl (C=O) groups excluding carboxylic acids is 1. The normalized spacial score (nSPS) is 18.6. The molecule has 1 aliphatic heterocycles. The second-order valence-electron chi connectivity index (χ2n) is 2.28. The molecule has 1 saturated heterocycles. The minimum absolute atomic E-state index is 0.191. The third-order valence-corrected chi connectivity index (χ3v) is 1.46. The Morgan fingerprint density at radius 3 is 2.73 bits per heavy atom. The predicted octanol–water partition coefficient (Wildman–Crippen LogP) is -0.871. The van der Waals surface area contributed by atoms with E-state index in [4.69, 9.17) is 15.3 Å². The fraction of sp³-hybridized carbons (Fsp3) is 0.833. The van der Waals surface area contributed by atoms with Crippen molar-refractivity contribution in [2.45, 2.75) is 19.1 Å². The van der Waals surface area contributed by atoms with Crippen LogP contribution in [0, 0.1) is 0 Å². The lowest BCUT2D eigenvalue weighted by Crippen LogP contribution is -2.30. The van der Waals surface area contributed by atoms with Crippen LogP contribution in [0.5, 0.6) is 0 Å². The maximum atomic E-state index is 10.6. The Morgan fingerprint density at radius 2 is 2.18 bits per heavy atom. The molecule has 1 heterocycles. The average Bonchev–Trinajstić information content (AvgIpc) is 2.52. The first kappa shape index (κ1) is 8.45. The van der Waals surface area contributed by atoms with E-state index in [1.54, 1.807) is 0 Å². The number of rotatable bonds is 3. The van der Waals surface area contributed by atoms with Gasteiger partial charge in [0.15, 0.2) is 6.29 Å². The molecule has 0 saturated carbocycles. The molecular formula is C6H12N2O3. The maximum Gasteiger partial charge on any atom is 0.234 e. The average molecular weight is 160 g/mol. The summed E-state index contributed by atoms with van der Waals surface area (Å²) in [7, 11) is 0. The number of carbonyl (C=O) groups is 1. The number of ether oxygens (including phenoxy) is 2. The Labute approximate surface area is 64.8 Å². The third-order valence-electron chi connectivity index (χ3n) is 1.46. The molecule has 3 N–H and O–H groups in total. The SMILES string of the molecule is NNC(=O)CCC1OCCO1. The molecule has 0 aromatic heterocycles. The van der Waals surface area contributed by atoms with Crippen molar-refractivity contribution in [3.63, 3.8) is 0 Å². The second kappa shape index (κ2) is 4.27. The first-order valence-electron chi connectivity index (χ1n) is 3.55. The molecular weight excluding hydrogens is 148 g/mol. The number of hydrogen-bond donors (Lipinski definition) is 2. The minimum atomic E-state index is -0.215. The van der Waals surface area contributed by atoms with Crippen LogP contribution in [0.3, 0.4) is 0 Å². The molecule has 0 aromatic rings. The van der Waals surface area contributed by atoms with Gasteiger partial charge < -0.3 is 9.47 Å². The highest BCUT2D eigenvalue weighted by Crippen LogP contribution is 2.09. The molecule has 64 valence electrons. The fourth-order valence-corrected chi connectivity index (χ4v) is 0.895. The van der Waals surface area contributed by atoms with Crippen LogP contribution in [-0.4, -0.2) is 25.4 Å². The molecule has 0 radical (unpaired) electrons. The van der Waals surface area contributed by atoms with E-state index in [1.165, 1.54) is 0 Å². The van der Waals surface area contributed by atoms with Crippen molar-refractivity contribution < 1.29 is 14.3 Å². The van der Waals surface area contributed by atoms with E-state index in [0.717, 1.165) is 0 Å². The predicted molar refractivity (Wildman–Crippen MR) is 37.3 cm³/mol. The first-order valence-corrected chi connectivity index (χ1v) is 3.55. The largest absolute Gasteiger partial charge is 0.350 e. The Bertz CT molecular complexity index is 134. The zero-order valence-corrected chi connectivity index (χ0v) is 6.21. The van der Waals surface area contributed by atoms with Gasteiger partial charge in [0.25, 0.3) is 0 Å². The van der Waals surface area contributed by atoms with Crippen molar-refractivity contribution in [1.82, 2.24) is 5.43 Å². The second-order valence-corrected chi connectivity index (χ2v) is 2.28. The van der Waals surface area contributed by atoms with E-state index in [1.807, 2.05) is 5.43 Å². The summed E-state index contributed by atoms with van der Waals surface area (Å²) in [6.07, 6.45) is 0.705. The Balaban J connectivity index is 2.06. The van der Waals surface area contributed by atoms with Crippen LogP contribution >= 0.6 is 0 Å². The summed E-state index contributed by atoms with van der Waals surface area (Å²) in [5.74, 6) is 4.68. The highest BCUT2D eigenvalue weighted by atomic mass is 16.7. The molecule has 0 aromatic carbocycles. The molecule has 0 atom stereocenters. The molecule has 5 nitrogen and oxygen atoms in total. The lowest BCUT2D eigenvalue weighted by molar-refractivity contribution is -0.123. The number of nitrogens with one attached hydrogen (secondary N) is 1. The van der Waals surface area contributed by atoms with Gasteiger partial charge in [-0.05, 0) is 0 Å². The van der Waals surface area contributed by atoms with Crippen LogP contribution < -0.4 is 11.3 Å². The molecule has 0 aliphatic carbocycles. The highest BCUT2D eigenvalue weighted by Gasteiger charge is 2.16. The summed E-state index contributed by atoms with van der Waals surface area (Å²) in [6, 6.07) is 0. The van der Waals surface area contributed by atoms with Gasteiger partial charge in [-0.25, -0.2) is 5.84 Å². The summed E-state index contributed by atoms with van der Waals surface area (Å²) in [5.41, 5.74) is 2.04. The molecule has 0 bridgehead atoms. The topological polar surface area (TPSA) is 73.6 Å². The Hall–Kier alpha value is -0.650. The van der Waals surface area contributed by atoms with Crippen molar-refractivity contribution in [1.29, 1.82) is 0 Å². The number of nitrogens with two attached hydrogens (primary N) is 1. The van der Waals surface area contributed by atoms with Crippen LogP contribution in [-0.2, 0) is 14.3 Å². The highest BCUT2D eigenvalue weighted by molar-refractivity contribution is 5.75. The van der Waals surface area contributed by atoms with Gasteiger partial charge in [-0.3, -0.25) is 10.2 Å². The van der Waals surface area contributed by atoms with Gasteiger partial charge in [0.1, 0.15) is 0 Å². The molecule has 11 heavy (non-hydrogen) atoms. The third kappa shape index (κ3) is 2.83. The van der Waals surface area contributed by atoms with Crippen molar-refractivity contribution in [3.8, 4) is 0 Å². The Kier molecular flexibility index (Phi) is 3.28. The van der Waals surface area contributed by atoms with E-state index in [0.29, 0.717) is 26.1 Å². The van der Waals surface area contributed by atoms with Gasteiger partial charge >= 0.3 is 0 Å². The van der Waals surface area contributed by atoms with Gasteiger partial charge in [0, 0.05) is 12.8 Å². The van der Waals surface area contributed by atoms with Gasteiger partial charge in [0.05, 0.1) is 13.2 Å². The molecule has 5 heteroatoms. The summed E-state index contributed by atoms with van der Waals surface area (Å²) in [4.78, 5) is 10.6. The summed E-state index contributed by atoms with van der Waals surface area (Å²) < 4.78 is 10.2. The first-order chi connectivity index (χ1) is 5.33. The molecule has 1 fully saturated rings. The van der Waals surface area contributed by atoms with E-state index >= 15 is 0 Å². The van der Waals surface area contributed by atoms with Crippen LogP contribution in [0.1, 0.15) is 12.8 Å². The standard InChI is InChI=1S/C6H12N2O3/c7-8-5(9)1-2-6-10-3-4-11-6/h6H,1-4,7H2,(H,8,9). The summed E-state index contributed by atoms with van der Waals surface area (Å²) in [6.45, 7) is 1.24. The number of hydrazine groups is 1. The lowest BCUT2D eigenvalue weighted by Gasteiger charge is -2.06. The molecule has 1 rings (SSSR count). The van der Waals surface area contributed by atoms with Gasteiger partial charge in [-0.2, -0.15) is 0 Å². The van der Waals surface area contributed by atoms with Crippen LogP contribution in [0.2, 0.25) is 0 Å². The van der Waals surface area contributed by atoms with Gasteiger partial charge in [-0.1, -0.05) is 0 Å². The maximum absolute atomic E-state index is 10.6. The van der Waals surface area contributed by atoms with Gasteiger partial charge in [0.2, 0.25) is 5.91 Å². The van der Waals surface area contributed by atoms with Crippen LogP contribution in [0.4, 0.5) is 0 Å². The van der Waals surface area contributed by atoms with Crippen LogP contribution in [0.15, 0.2) is 0 Å². The van der Waals surface area contributed by atoms with Crippen LogP contribution in [0.25, 0.3) is 0 Å². The van der Waals surface area contributed by atoms with E-state index in [2.05, 4.69) is 0 Å². The molecule has 0 unspecified atom stereocenters. The smallest absolute Gasteiger partial charge is 0.234 e. The van der Waals surface area contributed by atoms with Gasteiger partial charge in [-0.15, -0.1) is 0 Å². The lowest BCUT2D eigenvalue weighted by atomic mass is 10.3. The fourth-order valence-electron chi connectivity index (χ4n) is 0.895. The molecule has 1 aliphatic rings. The van der Waals surface area contributed by atoms with E-state index in [9.17, 15) is 4.79 Å². The summed E-state index contributed by atoms with van der Waals surface area (Å²) in [5, 5.41) is 0.